The number of hydrogen-bond donors (Lipinski definition) is 1. The number of aliphatic hydroxyl groups is 1. The molecule has 0 radical (unpaired) electrons. The van der Waals surface area contributed by atoms with E-state index in [1.807, 2.05) is 0 Å². The van der Waals surface area contributed by atoms with Crippen molar-refractivity contribution in [3.63, 3.8) is 0 Å². The summed E-state index contributed by atoms with van der Waals surface area (Å²) in [7, 11) is 1.22. The average Bonchev–Trinajstić information content (AvgIpc) is 3.69. The number of esters is 1. The van der Waals surface area contributed by atoms with Crippen molar-refractivity contribution in [2.75, 3.05) is 39.8 Å². The van der Waals surface area contributed by atoms with Gasteiger partial charge in [-0.05, 0) is 48.4 Å². The first-order valence-electron chi connectivity index (χ1n) is 12.4. The third-order valence-electron chi connectivity index (χ3n) is 7.64. The number of rotatable bonds is 6. The highest BCUT2D eigenvalue weighted by Gasteiger charge is 2.52. The minimum absolute atomic E-state index is 0.0129. The summed E-state index contributed by atoms with van der Waals surface area (Å²) < 4.78 is 4.92. The van der Waals surface area contributed by atoms with E-state index in [1.54, 1.807) is 29.2 Å². The van der Waals surface area contributed by atoms with Crippen molar-refractivity contribution in [2.45, 2.75) is 44.2 Å². The summed E-state index contributed by atoms with van der Waals surface area (Å²) in [6, 6.07) is 3.92. The molecule has 3 fully saturated rings. The number of carbonyl (C=O) groups is 4. The number of halogens is 2. The van der Waals surface area contributed by atoms with Gasteiger partial charge in [-0.1, -0.05) is 29.3 Å². The van der Waals surface area contributed by atoms with E-state index in [0.29, 0.717) is 22.2 Å². The Kier molecular flexibility index (Phi) is 8.46. The SMILES string of the molecule is COC(=O)C(CC(=O)N1CCC2(CC2)C(O)C1)N1CCN(C(=O)C=Cc2ccc(Cl)c(Cl)c2)CCC1=O. The Morgan fingerprint density at radius 1 is 1.11 bits per heavy atom. The number of nitrogens with zero attached hydrogens (tertiary/aromatic N) is 3. The molecule has 2 atom stereocenters. The van der Waals surface area contributed by atoms with Gasteiger partial charge in [0.25, 0.3) is 0 Å². The Morgan fingerprint density at radius 3 is 2.51 bits per heavy atom. The fourth-order valence-electron chi connectivity index (χ4n) is 5.02. The number of piperidine rings is 1. The molecule has 2 unspecified atom stereocenters. The van der Waals surface area contributed by atoms with Crippen molar-refractivity contribution < 1.29 is 29.0 Å². The highest BCUT2D eigenvalue weighted by Crippen LogP contribution is 2.53. The Labute approximate surface area is 225 Å². The number of β-amino-alcohol motifs (C(OH)–C–C–N with tert-alkyl or cyclic N) is 1. The van der Waals surface area contributed by atoms with E-state index in [4.69, 9.17) is 27.9 Å². The molecule has 2 aliphatic heterocycles. The van der Waals surface area contributed by atoms with Gasteiger partial charge in [-0.2, -0.15) is 0 Å². The minimum Gasteiger partial charge on any atom is -0.467 e. The predicted molar refractivity (Wildman–Crippen MR) is 138 cm³/mol. The van der Waals surface area contributed by atoms with Crippen LogP contribution in [0, 0.1) is 5.41 Å². The molecule has 4 rings (SSSR count). The van der Waals surface area contributed by atoms with Crippen LogP contribution in [0.2, 0.25) is 10.0 Å². The summed E-state index contributed by atoms with van der Waals surface area (Å²) in [4.78, 5) is 55.9. The Hall–Kier alpha value is -2.62. The first-order valence-corrected chi connectivity index (χ1v) is 13.1. The maximum Gasteiger partial charge on any atom is 0.329 e. The van der Waals surface area contributed by atoms with Crippen LogP contribution in [0.3, 0.4) is 0 Å². The first-order chi connectivity index (χ1) is 17.6. The molecule has 11 heteroatoms. The lowest BCUT2D eigenvalue weighted by atomic mass is 9.90. The summed E-state index contributed by atoms with van der Waals surface area (Å²) >= 11 is 12.0. The molecule has 1 aliphatic carbocycles. The molecule has 3 aliphatic rings. The second-order valence-corrected chi connectivity index (χ2v) is 10.7. The van der Waals surface area contributed by atoms with Crippen LogP contribution in [-0.2, 0) is 23.9 Å². The smallest absolute Gasteiger partial charge is 0.329 e. The summed E-state index contributed by atoms with van der Waals surface area (Å²) in [5, 5.41) is 11.2. The monoisotopic (exact) mass is 551 g/mol. The number of benzene rings is 1. The lowest BCUT2D eigenvalue weighted by molar-refractivity contribution is -0.156. The second-order valence-electron chi connectivity index (χ2n) is 9.88. The number of aliphatic hydroxyl groups excluding tert-OH is 1. The first kappa shape index (κ1) is 27.4. The van der Waals surface area contributed by atoms with Gasteiger partial charge in [-0.15, -0.1) is 0 Å². The zero-order valence-corrected chi connectivity index (χ0v) is 22.2. The van der Waals surface area contributed by atoms with Gasteiger partial charge in [-0.3, -0.25) is 14.4 Å². The van der Waals surface area contributed by atoms with Crippen molar-refractivity contribution in [2.24, 2.45) is 5.41 Å². The van der Waals surface area contributed by atoms with Crippen LogP contribution < -0.4 is 0 Å². The number of amides is 3. The van der Waals surface area contributed by atoms with E-state index in [0.717, 1.165) is 19.3 Å². The fraction of sp³-hybridized carbons (Fsp3) is 0.538. The maximum absolute atomic E-state index is 13.1. The van der Waals surface area contributed by atoms with Gasteiger partial charge in [0.1, 0.15) is 6.04 Å². The Morgan fingerprint density at radius 2 is 1.86 bits per heavy atom. The van der Waals surface area contributed by atoms with Crippen molar-refractivity contribution in [3.8, 4) is 0 Å². The highest BCUT2D eigenvalue weighted by atomic mass is 35.5. The molecule has 2 saturated heterocycles. The van der Waals surface area contributed by atoms with Crippen LogP contribution >= 0.6 is 23.2 Å². The van der Waals surface area contributed by atoms with E-state index in [1.165, 1.54) is 23.0 Å². The van der Waals surface area contributed by atoms with Crippen LogP contribution in [0.5, 0.6) is 0 Å². The average molecular weight is 552 g/mol. The number of hydrogen-bond acceptors (Lipinski definition) is 6. The van der Waals surface area contributed by atoms with Gasteiger partial charge < -0.3 is 24.5 Å². The maximum atomic E-state index is 13.1. The lowest BCUT2D eigenvalue weighted by Crippen LogP contribution is -2.52. The molecule has 1 spiro atoms. The van der Waals surface area contributed by atoms with Gasteiger partial charge in [0.05, 0.1) is 29.7 Å². The quantitative estimate of drug-likeness (QED) is 0.429. The highest BCUT2D eigenvalue weighted by molar-refractivity contribution is 6.42. The van der Waals surface area contributed by atoms with E-state index in [-0.39, 0.29) is 62.2 Å². The predicted octanol–water partition coefficient (Wildman–Crippen LogP) is 2.37. The third kappa shape index (κ3) is 6.27. The molecule has 1 N–H and O–H groups in total. The Bertz CT molecular complexity index is 1110. The van der Waals surface area contributed by atoms with Crippen molar-refractivity contribution >= 4 is 53.0 Å². The summed E-state index contributed by atoms with van der Waals surface area (Å²) in [6.07, 6.45) is 4.90. The topological polar surface area (TPSA) is 107 Å². The molecular formula is C26H31Cl2N3O6. The second kappa shape index (κ2) is 11.4. The molecule has 9 nitrogen and oxygen atoms in total. The molecule has 1 aromatic rings. The largest absolute Gasteiger partial charge is 0.467 e. The minimum atomic E-state index is -1.10. The van der Waals surface area contributed by atoms with E-state index in [2.05, 4.69) is 0 Å². The van der Waals surface area contributed by atoms with Gasteiger partial charge in [-0.25, -0.2) is 4.79 Å². The Balaban J connectivity index is 1.39. The third-order valence-corrected chi connectivity index (χ3v) is 8.38. The zero-order valence-electron chi connectivity index (χ0n) is 20.7. The standard InChI is InChI=1S/C26H31Cl2N3O6/c1-37-25(36)20(15-24(35)30-11-9-26(7-8-26)21(32)16-30)31-13-12-29(10-6-23(31)34)22(33)5-3-17-2-4-18(27)19(28)14-17/h2-5,14,20-21,32H,6-13,15-16H2,1H3. The summed E-state index contributed by atoms with van der Waals surface area (Å²) in [6.45, 7) is 1.22. The number of likely N-dealkylation sites (tertiary alicyclic amines) is 1. The van der Waals surface area contributed by atoms with Gasteiger partial charge in [0.2, 0.25) is 17.7 Å². The number of methoxy groups -OCH3 is 1. The molecule has 1 saturated carbocycles. The van der Waals surface area contributed by atoms with Gasteiger partial charge in [0.15, 0.2) is 0 Å². The van der Waals surface area contributed by atoms with Crippen LogP contribution in [0.15, 0.2) is 24.3 Å². The van der Waals surface area contributed by atoms with Crippen LogP contribution in [-0.4, -0.2) is 95.5 Å². The van der Waals surface area contributed by atoms with Gasteiger partial charge in [0, 0.05) is 45.2 Å². The molecule has 1 aromatic carbocycles. The summed E-state index contributed by atoms with van der Waals surface area (Å²) in [5.74, 6) is -1.61. The van der Waals surface area contributed by atoms with E-state index < -0.39 is 18.1 Å². The van der Waals surface area contributed by atoms with E-state index >= 15 is 0 Å². The molecule has 0 bridgehead atoms. The summed E-state index contributed by atoms with van der Waals surface area (Å²) in [5.41, 5.74) is 0.652. The van der Waals surface area contributed by atoms with Crippen LogP contribution in [0.25, 0.3) is 6.08 Å². The number of ether oxygens (including phenoxy) is 1. The molecule has 200 valence electrons. The van der Waals surface area contributed by atoms with Crippen LogP contribution in [0.1, 0.15) is 37.7 Å². The normalized spacial score (nSPS) is 22.2. The van der Waals surface area contributed by atoms with Crippen LogP contribution in [0.4, 0.5) is 0 Å². The number of carbonyl (C=O) groups excluding carboxylic acids is 4. The molecule has 0 aromatic heterocycles. The van der Waals surface area contributed by atoms with E-state index in [9.17, 15) is 24.3 Å². The zero-order chi connectivity index (χ0) is 26.7. The van der Waals surface area contributed by atoms with Crippen molar-refractivity contribution in [3.05, 3.63) is 39.9 Å². The van der Waals surface area contributed by atoms with Crippen molar-refractivity contribution in [1.29, 1.82) is 0 Å². The molecule has 3 amide bonds. The molecular weight excluding hydrogens is 521 g/mol. The fourth-order valence-corrected chi connectivity index (χ4v) is 5.32. The van der Waals surface area contributed by atoms with Crippen molar-refractivity contribution in [1.82, 2.24) is 14.7 Å². The molecule has 37 heavy (non-hydrogen) atoms. The lowest BCUT2D eigenvalue weighted by Gasteiger charge is -2.37. The van der Waals surface area contributed by atoms with Gasteiger partial charge >= 0.3 is 5.97 Å². The molecule has 2 heterocycles.